The zero-order chi connectivity index (χ0) is 13.5. The molecule has 2 fully saturated rings. The first kappa shape index (κ1) is 16.2. The van der Waals surface area contributed by atoms with E-state index >= 15 is 0 Å². The van der Waals surface area contributed by atoms with E-state index in [9.17, 15) is 0 Å². The van der Waals surface area contributed by atoms with Crippen LogP contribution < -0.4 is 5.32 Å². The first-order valence-corrected chi connectivity index (χ1v) is 8.26. The molecule has 0 saturated carbocycles. The van der Waals surface area contributed by atoms with Crippen LogP contribution in [0.5, 0.6) is 0 Å². The van der Waals surface area contributed by atoms with E-state index in [4.69, 9.17) is 0 Å². The lowest BCUT2D eigenvalue weighted by atomic mass is 9.94. The number of aromatic nitrogens is 1. The van der Waals surface area contributed by atoms with Gasteiger partial charge >= 0.3 is 0 Å². The van der Waals surface area contributed by atoms with Gasteiger partial charge in [0.25, 0.3) is 0 Å². The summed E-state index contributed by atoms with van der Waals surface area (Å²) in [6, 6.07) is 1.43. The summed E-state index contributed by atoms with van der Waals surface area (Å²) in [5.41, 5.74) is 0.232. The van der Waals surface area contributed by atoms with E-state index in [1.807, 2.05) is 11.3 Å². The Morgan fingerprint density at radius 3 is 2.50 bits per heavy atom. The number of thiazole rings is 1. The maximum atomic E-state index is 4.63. The Bertz CT molecular complexity index is 429. The van der Waals surface area contributed by atoms with Gasteiger partial charge in [0.15, 0.2) is 0 Å². The summed E-state index contributed by atoms with van der Waals surface area (Å²) in [7, 11) is 0. The second-order valence-corrected chi connectivity index (χ2v) is 8.17. The summed E-state index contributed by atoms with van der Waals surface area (Å²) in [4.78, 5) is 8.62. The van der Waals surface area contributed by atoms with Crippen LogP contribution in [0.15, 0.2) is 6.20 Å². The van der Waals surface area contributed by atoms with Crippen LogP contribution in [0.3, 0.4) is 0 Å². The van der Waals surface area contributed by atoms with Crippen molar-refractivity contribution in [2.45, 2.75) is 64.1 Å². The third-order valence-electron chi connectivity index (χ3n) is 4.19. The second kappa shape index (κ2) is 6.30. The molecule has 5 heteroatoms. The molecule has 3 rings (SSSR count). The predicted octanol–water partition coefficient (Wildman–Crippen LogP) is 3.19. The van der Waals surface area contributed by atoms with Crippen molar-refractivity contribution in [3.05, 3.63) is 16.1 Å². The van der Waals surface area contributed by atoms with Crippen molar-refractivity contribution in [2.24, 2.45) is 0 Å². The molecule has 0 radical (unpaired) electrons. The number of piperazine rings is 1. The van der Waals surface area contributed by atoms with Crippen molar-refractivity contribution in [3.63, 3.8) is 0 Å². The third-order valence-corrected chi connectivity index (χ3v) is 5.59. The summed E-state index contributed by atoms with van der Waals surface area (Å²) in [5, 5.41) is 5.02. The Labute approximate surface area is 132 Å². The van der Waals surface area contributed by atoms with Crippen LogP contribution in [0, 0.1) is 0 Å². The first-order valence-electron chi connectivity index (χ1n) is 7.44. The standard InChI is InChI=1S/C15H25N3S.ClH/c1-15(2,3)13-7-16-14(19-13)10-18-8-11-5-4-6-12(9-18)17-11;/h7,11-12,17H,4-6,8-10H2,1-3H3;1H. The van der Waals surface area contributed by atoms with E-state index in [1.54, 1.807) is 0 Å². The highest BCUT2D eigenvalue weighted by Gasteiger charge is 2.30. The Morgan fingerprint density at radius 1 is 1.30 bits per heavy atom. The van der Waals surface area contributed by atoms with Gasteiger partial charge in [0.2, 0.25) is 0 Å². The minimum Gasteiger partial charge on any atom is -0.309 e. The molecule has 1 aromatic heterocycles. The van der Waals surface area contributed by atoms with E-state index in [0.29, 0.717) is 0 Å². The summed E-state index contributed by atoms with van der Waals surface area (Å²) in [6.45, 7) is 10.2. The zero-order valence-corrected chi connectivity index (χ0v) is 14.3. The molecule has 2 atom stereocenters. The number of rotatable bonds is 2. The number of halogens is 1. The molecule has 3 heterocycles. The number of piperidine rings is 1. The van der Waals surface area contributed by atoms with Crippen molar-refractivity contribution >= 4 is 23.7 Å². The van der Waals surface area contributed by atoms with Crippen molar-refractivity contribution in [2.75, 3.05) is 13.1 Å². The molecule has 2 saturated heterocycles. The van der Waals surface area contributed by atoms with Crippen molar-refractivity contribution in [3.8, 4) is 0 Å². The summed E-state index contributed by atoms with van der Waals surface area (Å²) in [6.07, 6.45) is 6.17. The Morgan fingerprint density at radius 2 is 1.95 bits per heavy atom. The van der Waals surface area contributed by atoms with Gasteiger partial charge in [0.1, 0.15) is 5.01 Å². The Hall–Kier alpha value is -0.160. The molecule has 2 unspecified atom stereocenters. The number of hydrogen-bond donors (Lipinski definition) is 1. The van der Waals surface area contributed by atoms with E-state index in [0.717, 1.165) is 18.6 Å². The number of fused-ring (bicyclic) bond motifs is 2. The number of likely N-dealkylation sites (tertiary alicyclic amines) is 1. The lowest BCUT2D eigenvalue weighted by molar-refractivity contribution is 0.119. The molecule has 0 aliphatic carbocycles. The highest BCUT2D eigenvalue weighted by molar-refractivity contribution is 7.11. The van der Waals surface area contributed by atoms with Gasteiger partial charge in [-0.1, -0.05) is 27.2 Å². The fourth-order valence-electron chi connectivity index (χ4n) is 3.15. The molecule has 20 heavy (non-hydrogen) atoms. The van der Waals surface area contributed by atoms with E-state index < -0.39 is 0 Å². The SMILES string of the molecule is CC(C)(C)c1cnc(CN2CC3CCCC(C2)N3)s1.Cl. The monoisotopic (exact) mass is 315 g/mol. The van der Waals surface area contributed by atoms with Crippen LogP contribution >= 0.6 is 23.7 Å². The lowest BCUT2D eigenvalue weighted by Gasteiger charge is -2.42. The smallest absolute Gasteiger partial charge is 0.107 e. The predicted molar refractivity (Wildman–Crippen MR) is 87.9 cm³/mol. The van der Waals surface area contributed by atoms with Gasteiger partial charge in [-0.2, -0.15) is 0 Å². The zero-order valence-electron chi connectivity index (χ0n) is 12.7. The van der Waals surface area contributed by atoms with Crippen LogP contribution in [0.25, 0.3) is 0 Å². The average molecular weight is 316 g/mol. The van der Waals surface area contributed by atoms with Crippen molar-refractivity contribution < 1.29 is 0 Å². The number of nitrogens with zero attached hydrogens (tertiary/aromatic N) is 2. The number of nitrogens with one attached hydrogen (secondary N) is 1. The average Bonchev–Trinajstić information content (AvgIpc) is 2.76. The maximum absolute atomic E-state index is 4.63. The van der Waals surface area contributed by atoms with E-state index in [-0.39, 0.29) is 17.8 Å². The molecule has 0 amide bonds. The van der Waals surface area contributed by atoms with Gasteiger partial charge in [0.05, 0.1) is 6.54 Å². The quantitative estimate of drug-likeness (QED) is 0.908. The van der Waals surface area contributed by atoms with Gasteiger partial charge in [-0.3, -0.25) is 4.90 Å². The van der Waals surface area contributed by atoms with Crippen LogP contribution in [0.2, 0.25) is 0 Å². The summed E-state index contributed by atoms with van der Waals surface area (Å²) in [5.74, 6) is 0. The Balaban J connectivity index is 0.00000147. The normalized spacial score (nSPS) is 27.1. The highest BCUT2D eigenvalue weighted by atomic mass is 35.5. The van der Waals surface area contributed by atoms with Crippen molar-refractivity contribution in [1.82, 2.24) is 15.2 Å². The second-order valence-electron chi connectivity index (χ2n) is 7.05. The van der Waals surface area contributed by atoms with Gasteiger partial charge in [-0.15, -0.1) is 23.7 Å². The van der Waals surface area contributed by atoms with Crippen LogP contribution in [0.1, 0.15) is 49.9 Å². The Kier molecular flexibility index (Phi) is 5.11. The van der Waals surface area contributed by atoms with E-state index in [2.05, 4.69) is 42.2 Å². The van der Waals surface area contributed by atoms with Gasteiger partial charge in [-0.25, -0.2) is 4.98 Å². The minimum atomic E-state index is 0. The molecule has 0 aromatic carbocycles. The number of hydrogen-bond acceptors (Lipinski definition) is 4. The molecule has 114 valence electrons. The molecule has 1 aromatic rings. The molecule has 3 nitrogen and oxygen atoms in total. The molecule has 2 bridgehead atoms. The molecule has 2 aliphatic rings. The maximum Gasteiger partial charge on any atom is 0.107 e. The highest BCUT2D eigenvalue weighted by Crippen LogP contribution is 2.29. The van der Waals surface area contributed by atoms with Crippen LogP contribution in [-0.2, 0) is 12.0 Å². The molecule has 0 spiro atoms. The molecule has 1 N–H and O–H groups in total. The summed E-state index contributed by atoms with van der Waals surface area (Å²) < 4.78 is 0. The summed E-state index contributed by atoms with van der Waals surface area (Å²) >= 11 is 1.89. The molecular formula is C15H26ClN3S. The fourth-order valence-corrected chi connectivity index (χ4v) is 4.16. The fraction of sp³-hybridized carbons (Fsp3) is 0.800. The molecule has 2 aliphatic heterocycles. The van der Waals surface area contributed by atoms with Gasteiger partial charge in [-0.05, 0) is 18.3 Å². The van der Waals surface area contributed by atoms with Crippen LogP contribution in [-0.4, -0.2) is 35.1 Å². The van der Waals surface area contributed by atoms with E-state index in [1.165, 1.54) is 42.2 Å². The van der Waals surface area contributed by atoms with Crippen LogP contribution in [0.4, 0.5) is 0 Å². The lowest BCUT2D eigenvalue weighted by Crippen LogP contribution is -2.58. The van der Waals surface area contributed by atoms with Crippen molar-refractivity contribution in [1.29, 1.82) is 0 Å². The van der Waals surface area contributed by atoms with Gasteiger partial charge < -0.3 is 5.32 Å². The topological polar surface area (TPSA) is 28.2 Å². The minimum absolute atomic E-state index is 0. The molecular weight excluding hydrogens is 290 g/mol. The van der Waals surface area contributed by atoms with Gasteiger partial charge in [0, 0.05) is 36.2 Å². The largest absolute Gasteiger partial charge is 0.309 e. The first-order chi connectivity index (χ1) is 9.00. The third kappa shape index (κ3) is 3.73.